The summed E-state index contributed by atoms with van der Waals surface area (Å²) < 4.78 is 10.5. The Morgan fingerprint density at radius 3 is 2.44 bits per heavy atom. The quantitative estimate of drug-likeness (QED) is 0.866. The van der Waals surface area contributed by atoms with Gasteiger partial charge in [0.1, 0.15) is 0 Å². The highest BCUT2D eigenvalue weighted by molar-refractivity contribution is 5.79. The Hall–Kier alpha value is -1.71. The molecule has 98 valence electrons. The van der Waals surface area contributed by atoms with Crippen LogP contribution in [0.15, 0.2) is 12.1 Å². The van der Waals surface area contributed by atoms with Crippen LogP contribution in [0.1, 0.15) is 24.0 Å². The molecule has 0 radical (unpaired) electrons. The molecule has 1 aliphatic carbocycles. The summed E-state index contributed by atoms with van der Waals surface area (Å²) in [6.07, 6.45) is 2.61. The van der Waals surface area contributed by atoms with Gasteiger partial charge in [-0.15, -0.1) is 0 Å². The van der Waals surface area contributed by atoms with Crippen molar-refractivity contribution in [1.29, 1.82) is 0 Å². The second-order valence-corrected chi connectivity index (χ2v) is 4.65. The van der Waals surface area contributed by atoms with Gasteiger partial charge in [-0.1, -0.05) is 0 Å². The monoisotopic (exact) mass is 249 g/mol. The molecule has 0 bridgehead atoms. The average molecular weight is 249 g/mol. The van der Waals surface area contributed by atoms with Crippen molar-refractivity contribution >= 4 is 5.91 Å². The number of rotatable bonds is 5. The molecule has 4 nitrogen and oxygen atoms in total. The molecule has 1 amide bonds. The maximum Gasteiger partial charge on any atom is 0.224 e. The highest BCUT2D eigenvalue weighted by Gasteiger charge is 2.23. The lowest BCUT2D eigenvalue weighted by Crippen LogP contribution is -2.27. The Kier molecular flexibility index (Phi) is 3.75. The largest absolute Gasteiger partial charge is 0.493 e. The number of carbonyl (C=O) groups excluding carboxylic acids is 1. The van der Waals surface area contributed by atoms with Gasteiger partial charge in [-0.25, -0.2) is 0 Å². The summed E-state index contributed by atoms with van der Waals surface area (Å²) in [5.74, 6) is 1.44. The molecular weight excluding hydrogens is 230 g/mol. The van der Waals surface area contributed by atoms with E-state index in [2.05, 4.69) is 5.32 Å². The third kappa shape index (κ3) is 2.94. The van der Waals surface area contributed by atoms with E-state index in [1.54, 1.807) is 14.2 Å². The Labute approximate surface area is 107 Å². The normalized spacial score (nSPS) is 14.2. The molecule has 1 saturated carbocycles. The molecular formula is C14H19NO3. The zero-order chi connectivity index (χ0) is 13.1. The molecule has 0 aliphatic heterocycles. The van der Waals surface area contributed by atoms with Gasteiger partial charge in [-0.05, 0) is 43.0 Å². The third-order valence-corrected chi connectivity index (χ3v) is 3.14. The number of aryl methyl sites for hydroxylation is 1. The fourth-order valence-electron chi connectivity index (χ4n) is 1.89. The first kappa shape index (κ1) is 12.7. The number of amides is 1. The van der Waals surface area contributed by atoms with Crippen LogP contribution in [0.5, 0.6) is 11.5 Å². The maximum atomic E-state index is 11.8. The van der Waals surface area contributed by atoms with Gasteiger partial charge >= 0.3 is 0 Å². The van der Waals surface area contributed by atoms with E-state index in [9.17, 15) is 4.79 Å². The minimum atomic E-state index is 0.0767. The van der Waals surface area contributed by atoms with E-state index < -0.39 is 0 Å². The number of carbonyl (C=O) groups is 1. The molecule has 2 rings (SSSR count). The molecule has 1 N–H and O–H groups in total. The highest BCUT2D eigenvalue weighted by Crippen LogP contribution is 2.30. The molecule has 1 aromatic rings. The van der Waals surface area contributed by atoms with E-state index in [1.807, 2.05) is 19.1 Å². The van der Waals surface area contributed by atoms with E-state index in [-0.39, 0.29) is 5.91 Å². The molecule has 1 aromatic carbocycles. The fourth-order valence-corrected chi connectivity index (χ4v) is 1.89. The van der Waals surface area contributed by atoms with Gasteiger partial charge in [0.2, 0.25) is 5.91 Å². The van der Waals surface area contributed by atoms with E-state index in [0.29, 0.717) is 24.0 Å². The zero-order valence-electron chi connectivity index (χ0n) is 11.1. The molecule has 0 spiro atoms. The average Bonchev–Trinajstić information content (AvgIpc) is 3.14. The van der Waals surface area contributed by atoms with Gasteiger partial charge in [-0.3, -0.25) is 4.79 Å². The van der Waals surface area contributed by atoms with Gasteiger partial charge in [0.25, 0.3) is 0 Å². The van der Waals surface area contributed by atoms with Crippen molar-refractivity contribution < 1.29 is 14.3 Å². The number of ether oxygens (including phenoxy) is 2. The number of benzene rings is 1. The summed E-state index contributed by atoms with van der Waals surface area (Å²) in [5, 5.41) is 2.98. The molecule has 0 heterocycles. The number of nitrogens with one attached hydrogen (secondary N) is 1. The van der Waals surface area contributed by atoms with E-state index in [4.69, 9.17) is 9.47 Å². The number of methoxy groups -OCH3 is 2. The van der Waals surface area contributed by atoms with Crippen LogP contribution in [0.4, 0.5) is 0 Å². The predicted molar refractivity (Wildman–Crippen MR) is 69.2 cm³/mol. The predicted octanol–water partition coefficient (Wildman–Crippen LogP) is 1.83. The van der Waals surface area contributed by atoms with Gasteiger partial charge in [-0.2, -0.15) is 0 Å². The van der Waals surface area contributed by atoms with Gasteiger partial charge in [0, 0.05) is 6.04 Å². The summed E-state index contributed by atoms with van der Waals surface area (Å²) in [6.45, 7) is 1.97. The van der Waals surface area contributed by atoms with Crippen LogP contribution in [-0.2, 0) is 11.2 Å². The Morgan fingerprint density at radius 2 is 1.89 bits per heavy atom. The summed E-state index contributed by atoms with van der Waals surface area (Å²) in [6, 6.07) is 4.18. The smallest absolute Gasteiger partial charge is 0.224 e. The van der Waals surface area contributed by atoms with Crippen molar-refractivity contribution in [2.45, 2.75) is 32.2 Å². The molecule has 18 heavy (non-hydrogen) atoms. The van der Waals surface area contributed by atoms with Crippen LogP contribution in [0, 0.1) is 6.92 Å². The molecule has 1 fully saturated rings. The topological polar surface area (TPSA) is 47.6 Å². The standard InChI is InChI=1S/C14H19NO3/c1-9-6-12(17-2)13(18-3)7-10(9)8-14(16)15-11-4-5-11/h6-7,11H,4-5,8H2,1-3H3,(H,15,16). The van der Waals surface area contributed by atoms with Crippen molar-refractivity contribution in [3.05, 3.63) is 23.3 Å². The fraction of sp³-hybridized carbons (Fsp3) is 0.500. The summed E-state index contributed by atoms with van der Waals surface area (Å²) >= 11 is 0. The second kappa shape index (κ2) is 5.29. The van der Waals surface area contributed by atoms with Crippen LogP contribution < -0.4 is 14.8 Å². The van der Waals surface area contributed by atoms with Crippen molar-refractivity contribution in [2.24, 2.45) is 0 Å². The number of hydrogen-bond acceptors (Lipinski definition) is 3. The molecule has 0 saturated heterocycles. The molecule has 0 unspecified atom stereocenters. The van der Waals surface area contributed by atoms with Gasteiger partial charge in [0.15, 0.2) is 11.5 Å². The Morgan fingerprint density at radius 1 is 1.28 bits per heavy atom. The van der Waals surface area contributed by atoms with Gasteiger partial charge in [0.05, 0.1) is 20.6 Å². The molecule has 0 atom stereocenters. The van der Waals surface area contributed by atoms with Crippen LogP contribution in [0.25, 0.3) is 0 Å². The lowest BCUT2D eigenvalue weighted by molar-refractivity contribution is -0.120. The van der Waals surface area contributed by atoms with Crippen molar-refractivity contribution in [3.8, 4) is 11.5 Å². The Balaban J connectivity index is 2.13. The lowest BCUT2D eigenvalue weighted by Gasteiger charge is -2.12. The minimum Gasteiger partial charge on any atom is -0.493 e. The molecule has 1 aliphatic rings. The van der Waals surface area contributed by atoms with E-state index in [1.165, 1.54) is 0 Å². The SMILES string of the molecule is COc1cc(C)c(CC(=O)NC2CC2)cc1OC. The number of hydrogen-bond donors (Lipinski definition) is 1. The third-order valence-electron chi connectivity index (χ3n) is 3.14. The molecule has 0 aromatic heterocycles. The van der Waals surface area contributed by atoms with Crippen LogP contribution in [0.2, 0.25) is 0 Å². The van der Waals surface area contributed by atoms with Gasteiger partial charge < -0.3 is 14.8 Å². The summed E-state index contributed by atoms with van der Waals surface area (Å²) in [7, 11) is 3.21. The second-order valence-electron chi connectivity index (χ2n) is 4.65. The van der Waals surface area contributed by atoms with Crippen molar-refractivity contribution in [2.75, 3.05) is 14.2 Å². The molecule has 4 heteroatoms. The summed E-state index contributed by atoms with van der Waals surface area (Å²) in [4.78, 5) is 11.8. The lowest BCUT2D eigenvalue weighted by atomic mass is 10.0. The zero-order valence-corrected chi connectivity index (χ0v) is 11.1. The van der Waals surface area contributed by atoms with Crippen molar-refractivity contribution in [1.82, 2.24) is 5.32 Å². The first-order chi connectivity index (χ1) is 8.63. The summed E-state index contributed by atoms with van der Waals surface area (Å²) in [5.41, 5.74) is 2.02. The highest BCUT2D eigenvalue weighted by atomic mass is 16.5. The maximum absolute atomic E-state index is 11.8. The van der Waals surface area contributed by atoms with E-state index in [0.717, 1.165) is 24.0 Å². The Bertz CT molecular complexity index is 453. The van der Waals surface area contributed by atoms with Crippen LogP contribution >= 0.6 is 0 Å². The van der Waals surface area contributed by atoms with Crippen LogP contribution in [-0.4, -0.2) is 26.2 Å². The minimum absolute atomic E-state index is 0.0767. The first-order valence-electron chi connectivity index (χ1n) is 6.15. The first-order valence-corrected chi connectivity index (χ1v) is 6.15. The van der Waals surface area contributed by atoms with Crippen molar-refractivity contribution in [3.63, 3.8) is 0 Å². The van der Waals surface area contributed by atoms with E-state index >= 15 is 0 Å². The van der Waals surface area contributed by atoms with Crippen LogP contribution in [0.3, 0.4) is 0 Å².